The Balaban J connectivity index is 1.35. The van der Waals surface area contributed by atoms with Gasteiger partial charge in [-0.1, -0.05) is 29.8 Å². The second kappa shape index (κ2) is 9.35. The average molecular weight is 477 g/mol. The van der Waals surface area contributed by atoms with E-state index in [9.17, 15) is 4.79 Å². The van der Waals surface area contributed by atoms with Crippen LogP contribution in [-0.4, -0.2) is 38.8 Å². The van der Waals surface area contributed by atoms with Crippen molar-refractivity contribution >= 4 is 17.6 Å². The number of ether oxygens (including phenoxy) is 1. The number of nitriles is 1. The maximum Gasteiger partial charge on any atom is 0.318 e. The van der Waals surface area contributed by atoms with Gasteiger partial charge in [0.2, 0.25) is 0 Å². The number of amides is 2. The number of likely N-dealkylation sites (tertiary alicyclic amines) is 1. The summed E-state index contributed by atoms with van der Waals surface area (Å²) in [5, 5.41) is 21.8. The molecule has 8 nitrogen and oxygen atoms in total. The Morgan fingerprint density at radius 2 is 2.06 bits per heavy atom. The van der Waals surface area contributed by atoms with Gasteiger partial charge in [0.25, 0.3) is 0 Å². The zero-order valence-electron chi connectivity index (χ0n) is 18.9. The van der Waals surface area contributed by atoms with E-state index in [0.717, 1.165) is 35.6 Å². The van der Waals surface area contributed by atoms with Gasteiger partial charge in [0.1, 0.15) is 11.6 Å². The molecule has 1 N–H and O–H groups in total. The van der Waals surface area contributed by atoms with Crippen LogP contribution in [-0.2, 0) is 6.54 Å². The third kappa shape index (κ3) is 4.31. The Morgan fingerprint density at radius 3 is 2.85 bits per heavy atom. The van der Waals surface area contributed by atoms with Gasteiger partial charge in [0, 0.05) is 23.6 Å². The van der Waals surface area contributed by atoms with Gasteiger partial charge in [-0.3, -0.25) is 0 Å². The fraction of sp³-hybridized carbons (Fsp3) is 0.360. The van der Waals surface area contributed by atoms with Crippen LogP contribution in [0.5, 0.6) is 5.75 Å². The van der Waals surface area contributed by atoms with Crippen molar-refractivity contribution in [3.8, 4) is 11.8 Å². The molecule has 0 spiro atoms. The monoisotopic (exact) mass is 476 g/mol. The number of fused-ring (bicyclic) bond motifs is 1. The molecule has 2 atom stereocenters. The Kier molecular flexibility index (Phi) is 6.12. The van der Waals surface area contributed by atoms with Crippen molar-refractivity contribution in [3.63, 3.8) is 0 Å². The summed E-state index contributed by atoms with van der Waals surface area (Å²) in [6.45, 7) is 3.70. The molecule has 0 radical (unpaired) electrons. The number of carbonyl (C=O) groups excluding carboxylic acids is 1. The smallest absolute Gasteiger partial charge is 0.318 e. The van der Waals surface area contributed by atoms with Gasteiger partial charge in [-0.15, -0.1) is 10.2 Å². The molecular weight excluding hydrogens is 452 g/mol. The summed E-state index contributed by atoms with van der Waals surface area (Å²) < 4.78 is 7.81. The SMILES string of the molecule is Cc1nnc([C@H]2CCCN2C(=O)NC2CCOc3cc(C#N)ccc32)n1Cc1ccc(Cl)cc1. The maximum atomic E-state index is 13.4. The van der Waals surface area contributed by atoms with E-state index in [1.54, 1.807) is 12.1 Å². The number of nitrogens with zero attached hydrogens (tertiary/aromatic N) is 5. The minimum Gasteiger partial charge on any atom is -0.493 e. The fourth-order valence-electron chi connectivity index (χ4n) is 4.73. The molecule has 0 saturated carbocycles. The number of urea groups is 1. The van der Waals surface area contributed by atoms with E-state index in [4.69, 9.17) is 21.6 Å². The van der Waals surface area contributed by atoms with E-state index >= 15 is 0 Å². The lowest BCUT2D eigenvalue weighted by Gasteiger charge is -2.31. The summed E-state index contributed by atoms with van der Waals surface area (Å²) >= 11 is 6.04. The first-order valence-electron chi connectivity index (χ1n) is 11.4. The molecule has 2 amide bonds. The molecule has 1 fully saturated rings. The van der Waals surface area contributed by atoms with Gasteiger partial charge in [-0.2, -0.15) is 5.26 Å². The van der Waals surface area contributed by atoms with Crippen LogP contribution in [0, 0.1) is 18.3 Å². The van der Waals surface area contributed by atoms with Gasteiger partial charge in [0.05, 0.1) is 36.9 Å². The van der Waals surface area contributed by atoms with Gasteiger partial charge < -0.3 is 19.5 Å². The van der Waals surface area contributed by atoms with E-state index in [2.05, 4.69) is 26.2 Å². The van der Waals surface area contributed by atoms with Crippen molar-refractivity contribution in [2.24, 2.45) is 0 Å². The summed E-state index contributed by atoms with van der Waals surface area (Å²) in [6, 6.07) is 14.8. The normalized spacial score (nSPS) is 19.3. The van der Waals surface area contributed by atoms with Crippen molar-refractivity contribution in [2.75, 3.05) is 13.2 Å². The summed E-state index contributed by atoms with van der Waals surface area (Å²) in [4.78, 5) is 15.3. The van der Waals surface area contributed by atoms with Crippen molar-refractivity contribution in [3.05, 3.63) is 75.8 Å². The van der Waals surface area contributed by atoms with Crippen LogP contribution in [0.3, 0.4) is 0 Å². The first-order valence-corrected chi connectivity index (χ1v) is 11.8. The highest BCUT2D eigenvalue weighted by Crippen LogP contribution is 2.35. The number of nitrogens with one attached hydrogen (secondary N) is 1. The zero-order chi connectivity index (χ0) is 23.7. The second-order valence-electron chi connectivity index (χ2n) is 8.67. The number of carbonyl (C=O) groups is 1. The standard InChI is InChI=1S/C25H25ClN6O2/c1-16-29-30-24(32(16)15-17-4-7-19(26)8-5-17)22-3-2-11-31(22)25(33)28-21-10-12-34-23-13-18(14-27)6-9-20(21)23/h4-9,13,21-22H,2-3,10-12,15H2,1H3,(H,28,33)/t21?,22-/m1/s1. The molecule has 1 aromatic heterocycles. The average Bonchev–Trinajstić information content (AvgIpc) is 3.47. The van der Waals surface area contributed by atoms with Gasteiger partial charge in [-0.05, 0) is 49.6 Å². The topological polar surface area (TPSA) is 96.1 Å². The van der Waals surface area contributed by atoms with Gasteiger partial charge >= 0.3 is 6.03 Å². The van der Waals surface area contributed by atoms with Crippen molar-refractivity contribution in [1.29, 1.82) is 5.26 Å². The van der Waals surface area contributed by atoms with Gasteiger partial charge in [0.15, 0.2) is 5.82 Å². The first kappa shape index (κ1) is 22.2. The molecule has 2 aliphatic heterocycles. The van der Waals surface area contributed by atoms with Crippen LogP contribution < -0.4 is 10.1 Å². The van der Waals surface area contributed by atoms with Gasteiger partial charge in [-0.25, -0.2) is 4.79 Å². The minimum absolute atomic E-state index is 0.122. The van der Waals surface area contributed by atoms with E-state index in [0.29, 0.717) is 42.5 Å². The van der Waals surface area contributed by atoms with Crippen LogP contribution in [0.4, 0.5) is 4.79 Å². The van der Waals surface area contributed by atoms with E-state index in [-0.39, 0.29) is 18.1 Å². The van der Waals surface area contributed by atoms with Crippen molar-refractivity contribution in [2.45, 2.75) is 44.8 Å². The molecule has 3 heterocycles. The Bertz CT molecular complexity index is 1250. The van der Waals surface area contributed by atoms with Crippen LogP contribution >= 0.6 is 11.6 Å². The highest BCUT2D eigenvalue weighted by molar-refractivity contribution is 6.30. The molecule has 0 bridgehead atoms. The largest absolute Gasteiger partial charge is 0.493 e. The summed E-state index contributed by atoms with van der Waals surface area (Å²) in [6.07, 6.45) is 2.41. The lowest BCUT2D eigenvalue weighted by atomic mass is 9.99. The first-order chi connectivity index (χ1) is 16.5. The Morgan fingerprint density at radius 1 is 1.24 bits per heavy atom. The quantitative estimate of drug-likeness (QED) is 0.596. The summed E-state index contributed by atoms with van der Waals surface area (Å²) in [5.41, 5.74) is 2.54. The minimum atomic E-state index is -0.168. The molecule has 1 unspecified atom stereocenters. The molecule has 174 valence electrons. The summed E-state index contributed by atoms with van der Waals surface area (Å²) in [7, 11) is 0. The van der Waals surface area contributed by atoms with E-state index in [1.807, 2.05) is 42.2 Å². The molecule has 3 aromatic rings. The highest BCUT2D eigenvalue weighted by Gasteiger charge is 2.35. The molecule has 5 rings (SSSR count). The lowest BCUT2D eigenvalue weighted by molar-refractivity contribution is 0.179. The molecule has 9 heteroatoms. The van der Waals surface area contributed by atoms with E-state index in [1.165, 1.54) is 0 Å². The van der Waals surface area contributed by atoms with Crippen LogP contribution in [0.25, 0.3) is 0 Å². The Labute approximate surface area is 203 Å². The molecule has 1 saturated heterocycles. The zero-order valence-corrected chi connectivity index (χ0v) is 19.6. The number of rotatable bonds is 4. The predicted molar refractivity (Wildman–Crippen MR) is 127 cm³/mol. The number of benzene rings is 2. The molecule has 2 aromatic carbocycles. The number of halogens is 1. The molecule has 34 heavy (non-hydrogen) atoms. The number of hydrogen-bond donors (Lipinski definition) is 1. The molecular formula is C25H25ClN6O2. The predicted octanol–water partition coefficient (Wildman–Crippen LogP) is 4.53. The van der Waals surface area contributed by atoms with Crippen LogP contribution in [0.15, 0.2) is 42.5 Å². The third-order valence-corrected chi connectivity index (χ3v) is 6.76. The van der Waals surface area contributed by atoms with Crippen LogP contribution in [0.2, 0.25) is 5.02 Å². The lowest BCUT2D eigenvalue weighted by Crippen LogP contribution is -2.43. The molecule has 0 aliphatic carbocycles. The number of aromatic nitrogens is 3. The van der Waals surface area contributed by atoms with Crippen LogP contribution in [0.1, 0.15) is 59.7 Å². The van der Waals surface area contributed by atoms with E-state index < -0.39 is 0 Å². The maximum absolute atomic E-state index is 13.4. The van der Waals surface area contributed by atoms with Crippen molar-refractivity contribution in [1.82, 2.24) is 25.0 Å². The van der Waals surface area contributed by atoms with Crippen molar-refractivity contribution < 1.29 is 9.53 Å². The fourth-order valence-corrected chi connectivity index (χ4v) is 4.86. The number of aryl methyl sites for hydroxylation is 1. The summed E-state index contributed by atoms with van der Waals surface area (Å²) in [5.74, 6) is 2.27. The third-order valence-electron chi connectivity index (χ3n) is 6.51. The Hall–Kier alpha value is -3.57. The molecule has 2 aliphatic rings. The number of hydrogen-bond acceptors (Lipinski definition) is 5. The second-order valence-corrected chi connectivity index (χ2v) is 9.11. The highest BCUT2D eigenvalue weighted by atomic mass is 35.5.